The van der Waals surface area contributed by atoms with Gasteiger partial charge in [-0.3, -0.25) is 4.79 Å². The molecule has 0 saturated carbocycles. The number of alkyl halides is 6. The third-order valence-electron chi connectivity index (χ3n) is 2.30. The smallest absolute Gasteiger partial charge is 0.438 e. The molecule has 14 heteroatoms. The van der Waals surface area contributed by atoms with Crippen molar-refractivity contribution in [3.63, 3.8) is 0 Å². The summed E-state index contributed by atoms with van der Waals surface area (Å²) >= 11 is 0. The zero-order valence-corrected chi connectivity index (χ0v) is 12.3. The molecule has 0 aliphatic rings. The van der Waals surface area contributed by atoms with Crippen LogP contribution in [-0.4, -0.2) is 55.2 Å². The number of ether oxygens (including phenoxy) is 2. The lowest BCUT2D eigenvalue weighted by atomic mass is 10.1. The van der Waals surface area contributed by atoms with Gasteiger partial charge in [0.1, 0.15) is 6.61 Å². The molecule has 0 spiro atoms. The molecule has 0 bridgehead atoms. The summed E-state index contributed by atoms with van der Waals surface area (Å²) < 4.78 is 115. The van der Waals surface area contributed by atoms with Gasteiger partial charge in [0.2, 0.25) is 0 Å². The molecule has 0 aliphatic heterocycles. The molecule has 140 valence electrons. The Bertz CT molecular complexity index is 578. The first-order chi connectivity index (χ1) is 10.6. The van der Waals surface area contributed by atoms with Crippen molar-refractivity contribution in [1.82, 2.24) is 0 Å². The van der Waals surface area contributed by atoms with Crippen LogP contribution in [0.25, 0.3) is 0 Å². The first-order valence-electron chi connectivity index (χ1n) is 5.64. The summed E-state index contributed by atoms with van der Waals surface area (Å²) in [4.78, 5) is 21.8. The van der Waals surface area contributed by atoms with E-state index in [-0.39, 0.29) is 0 Å². The number of rotatable bonds is 7. The monoisotopic (exact) mass is 387 g/mol. The van der Waals surface area contributed by atoms with Crippen molar-refractivity contribution in [2.45, 2.75) is 24.4 Å². The normalized spacial score (nSPS) is 13.3. The summed E-state index contributed by atoms with van der Waals surface area (Å²) in [5, 5.41) is 0. The first kappa shape index (κ1) is 22.2. The minimum absolute atomic E-state index is 0.602. The van der Waals surface area contributed by atoms with Crippen molar-refractivity contribution in [3.8, 4) is 0 Å². The minimum Gasteiger partial charge on any atom is -0.748 e. The van der Waals surface area contributed by atoms with Gasteiger partial charge in [-0.15, -0.1) is 0 Å². The second-order valence-corrected chi connectivity index (χ2v) is 5.52. The highest BCUT2D eigenvalue weighted by molar-refractivity contribution is 7.85. The average Bonchev–Trinajstić information content (AvgIpc) is 2.33. The van der Waals surface area contributed by atoms with E-state index in [9.17, 15) is 48.9 Å². The van der Waals surface area contributed by atoms with Gasteiger partial charge in [-0.25, -0.2) is 13.2 Å². The van der Waals surface area contributed by atoms with Gasteiger partial charge in [-0.05, 0) is 0 Å². The predicted octanol–water partition coefficient (Wildman–Crippen LogP) is 1.06. The molecule has 0 fully saturated rings. The Kier molecular flexibility index (Phi) is 6.81. The number of hydrogen-bond acceptors (Lipinski definition) is 7. The number of carbonyl (C=O) groups excluding carboxylic acids is 2. The van der Waals surface area contributed by atoms with Gasteiger partial charge in [0, 0.05) is 6.08 Å². The van der Waals surface area contributed by atoms with Crippen LogP contribution in [0.15, 0.2) is 12.7 Å². The summed E-state index contributed by atoms with van der Waals surface area (Å²) in [6.45, 7) is 1.97. The highest BCUT2D eigenvalue weighted by Crippen LogP contribution is 2.46. The summed E-state index contributed by atoms with van der Waals surface area (Å²) in [6.07, 6.45) is -13.6. The largest absolute Gasteiger partial charge is 0.748 e. The Balaban J connectivity index is 5.52. The molecule has 0 saturated heterocycles. The van der Waals surface area contributed by atoms with E-state index in [1.807, 2.05) is 0 Å². The molecule has 0 radical (unpaired) electrons. The Morgan fingerprint density at radius 2 is 1.54 bits per heavy atom. The maximum atomic E-state index is 12.8. The Morgan fingerprint density at radius 3 is 1.88 bits per heavy atom. The maximum absolute atomic E-state index is 12.8. The van der Waals surface area contributed by atoms with Crippen molar-refractivity contribution in [2.75, 3.05) is 12.4 Å². The standard InChI is InChI=1S/C10H10F6O7S/c1-2-6(17)22-4-3-7(18)23-8(9(11,12)13,10(14,15)16)5-24(19,20)21/h2H,1,3-5H2,(H,19,20,21)/p-1. The van der Waals surface area contributed by atoms with Crippen molar-refractivity contribution in [3.05, 3.63) is 12.7 Å². The molecule has 0 aliphatic carbocycles. The topological polar surface area (TPSA) is 110 Å². The van der Waals surface area contributed by atoms with E-state index in [2.05, 4.69) is 16.1 Å². The van der Waals surface area contributed by atoms with E-state index >= 15 is 0 Å². The van der Waals surface area contributed by atoms with E-state index in [0.717, 1.165) is 0 Å². The molecule has 0 aromatic heterocycles. The fraction of sp³-hybridized carbons (Fsp3) is 0.600. The molecule has 0 atom stereocenters. The fourth-order valence-corrected chi connectivity index (χ4v) is 2.14. The molecule has 0 heterocycles. The highest BCUT2D eigenvalue weighted by Gasteiger charge is 2.75. The van der Waals surface area contributed by atoms with Gasteiger partial charge in [0.25, 0.3) is 0 Å². The summed E-state index contributed by atoms with van der Waals surface area (Å²) in [6, 6.07) is 0. The predicted molar refractivity (Wildman–Crippen MR) is 61.3 cm³/mol. The van der Waals surface area contributed by atoms with Crippen LogP contribution >= 0.6 is 0 Å². The second kappa shape index (κ2) is 7.38. The molecule has 0 N–H and O–H groups in total. The van der Waals surface area contributed by atoms with Crippen molar-refractivity contribution in [2.24, 2.45) is 0 Å². The van der Waals surface area contributed by atoms with Crippen LogP contribution in [0.2, 0.25) is 0 Å². The second-order valence-electron chi connectivity index (χ2n) is 4.12. The molecule has 0 aromatic carbocycles. The molecule has 24 heavy (non-hydrogen) atoms. The lowest BCUT2D eigenvalue weighted by Gasteiger charge is -2.36. The molecule has 7 nitrogen and oxygen atoms in total. The van der Waals surface area contributed by atoms with E-state index in [4.69, 9.17) is 0 Å². The Morgan fingerprint density at radius 1 is 1.08 bits per heavy atom. The fourth-order valence-electron chi connectivity index (χ4n) is 1.26. The molecule has 0 rings (SSSR count). The number of esters is 2. The SMILES string of the molecule is C=CC(=O)OCCC(=O)OC(CS(=O)(=O)[O-])(C(F)(F)F)C(F)(F)F. The van der Waals surface area contributed by atoms with Crippen molar-refractivity contribution in [1.29, 1.82) is 0 Å². The maximum Gasteiger partial charge on any atom is 0.438 e. The van der Waals surface area contributed by atoms with Gasteiger partial charge in [-0.1, -0.05) is 6.58 Å². The van der Waals surface area contributed by atoms with Crippen LogP contribution in [0.3, 0.4) is 0 Å². The van der Waals surface area contributed by atoms with E-state index in [1.54, 1.807) is 0 Å². The number of halogens is 6. The minimum atomic E-state index is -6.45. The van der Waals surface area contributed by atoms with Crippen LogP contribution < -0.4 is 0 Å². The van der Waals surface area contributed by atoms with Gasteiger partial charge in [0.05, 0.1) is 22.3 Å². The van der Waals surface area contributed by atoms with Crippen LogP contribution in [0.4, 0.5) is 26.3 Å². The van der Waals surface area contributed by atoms with Crippen LogP contribution in [0.1, 0.15) is 6.42 Å². The molecule has 0 unspecified atom stereocenters. The van der Waals surface area contributed by atoms with Crippen LogP contribution in [0.5, 0.6) is 0 Å². The van der Waals surface area contributed by atoms with E-state index in [1.165, 1.54) is 0 Å². The zero-order chi connectivity index (χ0) is 19.4. The number of hydrogen-bond donors (Lipinski definition) is 0. The van der Waals surface area contributed by atoms with Gasteiger partial charge < -0.3 is 14.0 Å². The molecular formula is C10H9F6O7S-. The van der Waals surface area contributed by atoms with Gasteiger partial charge >= 0.3 is 29.9 Å². The average molecular weight is 387 g/mol. The summed E-state index contributed by atoms with van der Waals surface area (Å²) in [5.41, 5.74) is -5.54. The number of carbonyl (C=O) groups is 2. The van der Waals surface area contributed by atoms with Gasteiger partial charge in [-0.2, -0.15) is 26.3 Å². The van der Waals surface area contributed by atoms with Crippen molar-refractivity contribution < 1.29 is 58.4 Å². The lowest BCUT2D eigenvalue weighted by Crippen LogP contribution is -2.63. The van der Waals surface area contributed by atoms with Crippen LogP contribution in [-0.2, 0) is 29.2 Å². The van der Waals surface area contributed by atoms with E-state index in [0.29, 0.717) is 6.08 Å². The van der Waals surface area contributed by atoms with E-state index < -0.39 is 58.8 Å². The summed E-state index contributed by atoms with van der Waals surface area (Å²) in [5.74, 6) is -6.40. The van der Waals surface area contributed by atoms with Gasteiger partial charge in [0.15, 0.2) is 0 Å². The molecule has 0 amide bonds. The third kappa shape index (κ3) is 5.99. The lowest BCUT2D eigenvalue weighted by molar-refractivity contribution is -0.361. The molecule has 0 aromatic rings. The zero-order valence-electron chi connectivity index (χ0n) is 11.4. The first-order valence-corrected chi connectivity index (χ1v) is 7.21. The quantitative estimate of drug-likeness (QED) is 0.278. The Labute approximate surface area is 131 Å². The summed E-state index contributed by atoms with van der Waals surface area (Å²) in [7, 11) is -6.10. The van der Waals surface area contributed by atoms with Crippen LogP contribution in [0, 0.1) is 0 Å². The Hall–Kier alpha value is -1.83. The van der Waals surface area contributed by atoms with Crippen molar-refractivity contribution >= 4 is 22.1 Å². The molecular weight excluding hydrogens is 378 g/mol. The third-order valence-corrected chi connectivity index (χ3v) is 3.06. The highest BCUT2D eigenvalue weighted by atomic mass is 32.2.